The molecule has 2 heterocycles. The SMILES string of the molecule is CC(C)N1CC2(CN(N=NN=NN=NN)C2)C1. The third-order valence-corrected chi connectivity index (χ3v) is 3.18. The van der Waals surface area contributed by atoms with Gasteiger partial charge in [0.05, 0.1) is 0 Å². The molecule has 9 heteroatoms. The van der Waals surface area contributed by atoms with Crippen molar-refractivity contribution in [3.63, 3.8) is 0 Å². The first kappa shape index (κ1) is 11.8. The monoisotopic (exact) mass is 239 g/mol. The van der Waals surface area contributed by atoms with Crippen LogP contribution in [0.5, 0.6) is 0 Å². The van der Waals surface area contributed by atoms with Crippen LogP contribution in [-0.4, -0.2) is 42.1 Å². The van der Waals surface area contributed by atoms with Crippen LogP contribution in [0.25, 0.3) is 0 Å². The molecule has 0 radical (unpaired) electrons. The van der Waals surface area contributed by atoms with Crippen LogP contribution in [0, 0.1) is 5.41 Å². The zero-order valence-corrected chi connectivity index (χ0v) is 10.1. The molecule has 2 aliphatic rings. The molecular weight excluding hydrogens is 222 g/mol. The highest BCUT2D eigenvalue weighted by Crippen LogP contribution is 2.40. The van der Waals surface area contributed by atoms with Gasteiger partial charge in [-0.3, -0.25) is 9.91 Å². The van der Waals surface area contributed by atoms with Crippen LogP contribution >= 0.6 is 0 Å². The maximum absolute atomic E-state index is 4.72. The molecule has 0 unspecified atom stereocenters. The van der Waals surface area contributed by atoms with Gasteiger partial charge < -0.3 is 5.84 Å². The van der Waals surface area contributed by atoms with Gasteiger partial charge in [0, 0.05) is 37.6 Å². The van der Waals surface area contributed by atoms with E-state index < -0.39 is 0 Å². The first-order valence-corrected chi connectivity index (χ1v) is 5.55. The number of rotatable bonds is 4. The molecular formula is C8H17N9. The lowest BCUT2D eigenvalue weighted by atomic mass is 9.73. The Morgan fingerprint density at radius 2 is 1.65 bits per heavy atom. The highest BCUT2D eigenvalue weighted by atomic mass is 15.7. The molecule has 0 aromatic rings. The Kier molecular flexibility index (Phi) is 3.27. The molecule has 0 aromatic carbocycles. The molecule has 0 saturated carbocycles. The van der Waals surface area contributed by atoms with E-state index in [-0.39, 0.29) is 0 Å². The van der Waals surface area contributed by atoms with Crippen molar-refractivity contribution in [3.8, 4) is 0 Å². The third kappa shape index (κ3) is 2.54. The van der Waals surface area contributed by atoms with Gasteiger partial charge in [0.2, 0.25) is 0 Å². The van der Waals surface area contributed by atoms with Crippen molar-refractivity contribution in [2.24, 2.45) is 42.6 Å². The molecule has 0 aromatic heterocycles. The van der Waals surface area contributed by atoms with E-state index in [9.17, 15) is 0 Å². The van der Waals surface area contributed by atoms with E-state index in [1.165, 1.54) is 0 Å². The number of nitrogens with two attached hydrogens (primary N) is 1. The van der Waals surface area contributed by atoms with E-state index in [0.717, 1.165) is 26.2 Å². The molecule has 2 fully saturated rings. The van der Waals surface area contributed by atoms with Gasteiger partial charge in [-0.05, 0) is 40.0 Å². The van der Waals surface area contributed by atoms with Crippen molar-refractivity contribution in [1.82, 2.24) is 9.91 Å². The van der Waals surface area contributed by atoms with Gasteiger partial charge in [-0.2, -0.15) is 0 Å². The number of likely N-dealkylation sites (tertiary alicyclic amines) is 1. The van der Waals surface area contributed by atoms with Crippen molar-refractivity contribution in [2.45, 2.75) is 19.9 Å². The minimum Gasteiger partial charge on any atom is -0.303 e. The standard InChI is InChI=1S/C8H17N9/c1-7(2)16-3-8(4-16)5-17(6-8)15-14-13-12-11-10-9/h7H,3-6H2,1-2H3,(H2,9,11,13,15). The Hall–Kier alpha value is -1.64. The summed E-state index contributed by atoms with van der Waals surface area (Å²) < 4.78 is 0. The summed E-state index contributed by atoms with van der Waals surface area (Å²) in [5.41, 5.74) is 0.428. The van der Waals surface area contributed by atoms with Gasteiger partial charge in [0.15, 0.2) is 0 Å². The Bertz CT molecular complexity index is 333. The quantitative estimate of drug-likeness (QED) is 0.449. The normalized spacial score (nSPS) is 24.3. The minimum atomic E-state index is 0.428. The summed E-state index contributed by atoms with van der Waals surface area (Å²) in [5.74, 6) is 4.72. The summed E-state index contributed by atoms with van der Waals surface area (Å²) in [6, 6.07) is 0.631. The summed E-state index contributed by atoms with van der Waals surface area (Å²) in [6.07, 6.45) is 0. The van der Waals surface area contributed by atoms with Crippen molar-refractivity contribution in [1.29, 1.82) is 0 Å². The summed E-state index contributed by atoms with van der Waals surface area (Å²) in [7, 11) is 0. The number of hydrogen-bond donors (Lipinski definition) is 1. The Morgan fingerprint density at radius 3 is 2.24 bits per heavy atom. The Morgan fingerprint density at radius 1 is 1.00 bits per heavy atom. The number of hydrogen-bond acceptors (Lipinski definition) is 3. The van der Waals surface area contributed by atoms with Crippen LogP contribution in [0.3, 0.4) is 0 Å². The molecule has 0 aliphatic carbocycles. The fraction of sp³-hybridized carbons (Fsp3) is 1.00. The largest absolute Gasteiger partial charge is 0.303 e. The van der Waals surface area contributed by atoms with Gasteiger partial charge in [0.1, 0.15) is 0 Å². The Balaban J connectivity index is 1.67. The first-order valence-electron chi connectivity index (χ1n) is 5.55. The second-order valence-corrected chi connectivity index (χ2v) is 4.88. The highest BCUT2D eigenvalue weighted by Gasteiger charge is 2.52. The molecule has 0 atom stereocenters. The van der Waals surface area contributed by atoms with E-state index in [4.69, 9.17) is 5.84 Å². The molecule has 2 rings (SSSR count). The van der Waals surface area contributed by atoms with Gasteiger partial charge in [-0.25, -0.2) is 0 Å². The van der Waals surface area contributed by atoms with E-state index in [1.54, 1.807) is 0 Å². The predicted molar refractivity (Wildman–Crippen MR) is 59.5 cm³/mol. The van der Waals surface area contributed by atoms with Crippen LogP contribution in [-0.2, 0) is 0 Å². The van der Waals surface area contributed by atoms with Crippen molar-refractivity contribution in [2.75, 3.05) is 26.2 Å². The van der Waals surface area contributed by atoms with Gasteiger partial charge in [-0.1, -0.05) is 5.22 Å². The minimum absolute atomic E-state index is 0.428. The van der Waals surface area contributed by atoms with Crippen LogP contribution in [0.15, 0.2) is 31.3 Å². The van der Waals surface area contributed by atoms with E-state index in [1.807, 2.05) is 5.01 Å². The zero-order chi connectivity index (χ0) is 12.3. The summed E-state index contributed by atoms with van der Waals surface area (Å²) in [4.78, 5) is 2.45. The first-order chi connectivity index (χ1) is 8.15. The topological polar surface area (TPSA) is 107 Å². The Labute approximate surface area is 99.4 Å². The fourth-order valence-corrected chi connectivity index (χ4v) is 2.31. The molecule has 2 saturated heterocycles. The maximum atomic E-state index is 4.72. The van der Waals surface area contributed by atoms with Crippen LogP contribution in [0.4, 0.5) is 0 Å². The predicted octanol–water partition coefficient (Wildman–Crippen LogP) is 0.988. The molecule has 2 aliphatic heterocycles. The smallest absolute Gasteiger partial charge is 0.0476 e. The van der Waals surface area contributed by atoms with Crippen molar-refractivity contribution < 1.29 is 0 Å². The van der Waals surface area contributed by atoms with Crippen LogP contribution in [0.2, 0.25) is 0 Å². The molecule has 1 spiro atoms. The van der Waals surface area contributed by atoms with Gasteiger partial charge in [-0.15, -0.1) is 0 Å². The zero-order valence-electron chi connectivity index (χ0n) is 10.1. The molecule has 2 N–H and O–H groups in total. The molecule has 0 bridgehead atoms. The summed E-state index contributed by atoms with van der Waals surface area (Å²) >= 11 is 0. The second kappa shape index (κ2) is 4.70. The van der Waals surface area contributed by atoms with E-state index >= 15 is 0 Å². The third-order valence-electron chi connectivity index (χ3n) is 3.18. The lowest BCUT2D eigenvalue weighted by Gasteiger charge is -2.60. The van der Waals surface area contributed by atoms with E-state index in [0.29, 0.717) is 11.5 Å². The molecule has 17 heavy (non-hydrogen) atoms. The number of nitrogens with zero attached hydrogens (tertiary/aromatic N) is 8. The lowest BCUT2D eigenvalue weighted by molar-refractivity contribution is -0.128. The van der Waals surface area contributed by atoms with E-state index in [2.05, 4.69) is 50.1 Å². The van der Waals surface area contributed by atoms with Gasteiger partial charge >= 0.3 is 0 Å². The van der Waals surface area contributed by atoms with Crippen molar-refractivity contribution >= 4 is 0 Å². The molecule has 9 nitrogen and oxygen atoms in total. The molecule has 94 valence electrons. The summed E-state index contributed by atoms with van der Waals surface area (Å²) in [6.45, 7) is 8.62. The summed E-state index contributed by atoms with van der Waals surface area (Å²) in [5, 5.41) is 21.7. The molecule has 0 amide bonds. The van der Waals surface area contributed by atoms with Crippen LogP contribution < -0.4 is 5.84 Å². The average Bonchev–Trinajstić information content (AvgIpc) is 2.16. The average molecular weight is 239 g/mol. The second-order valence-electron chi connectivity index (χ2n) is 4.88. The highest BCUT2D eigenvalue weighted by molar-refractivity contribution is 5.05. The lowest BCUT2D eigenvalue weighted by Crippen LogP contribution is -2.71. The van der Waals surface area contributed by atoms with Crippen molar-refractivity contribution in [3.05, 3.63) is 0 Å². The maximum Gasteiger partial charge on any atom is 0.0476 e. The fourth-order valence-electron chi connectivity index (χ4n) is 2.31. The van der Waals surface area contributed by atoms with Crippen LogP contribution in [0.1, 0.15) is 13.8 Å². The van der Waals surface area contributed by atoms with Gasteiger partial charge in [0.25, 0.3) is 0 Å².